The highest BCUT2D eigenvalue weighted by atomic mass is 16.3. The Kier molecular flexibility index (Phi) is 5.83. The van der Waals surface area contributed by atoms with E-state index in [0.717, 1.165) is 24.8 Å². The van der Waals surface area contributed by atoms with Crippen molar-refractivity contribution in [1.82, 2.24) is 0 Å². The van der Waals surface area contributed by atoms with E-state index in [0.29, 0.717) is 5.92 Å². The lowest BCUT2D eigenvalue weighted by molar-refractivity contribution is 0.106. The normalized spacial score (nSPS) is 12.1. The zero-order valence-electron chi connectivity index (χ0n) is 11.8. The fraction of sp³-hybridized carbons (Fsp3) is 0.625. The fourth-order valence-corrected chi connectivity index (χ4v) is 2.29. The van der Waals surface area contributed by atoms with Crippen LogP contribution in [0.3, 0.4) is 0 Å². The summed E-state index contributed by atoms with van der Waals surface area (Å²) < 4.78 is 0. The van der Waals surface area contributed by atoms with E-state index in [-0.39, 0.29) is 13.2 Å². The van der Waals surface area contributed by atoms with E-state index in [1.165, 1.54) is 5.56 Å². The zero-order chi connectivity index (χ0) is 13.6. The lowest BCUT2D eigenvalue weighted by Gasteiger charge is -2.31. The van der Waals surface area contributed by atoms with E-state index in [2.05, 4.69) is 13.8 Å². The van der Waals surface area contributed by atoms with Crippen LogP contribution in [0.25, 0.3) is 0 Å². The number of aryl methyl sites for hydroxylation is 1. The van der Waals surface area contributed by atoms with Gasteiger partial charge >= 0.3 is 0 Å². The first-order valence-electron chi connectivity index (χ1n) is 6.83. The van der Waals surface area contributed by atoms with Crippen molar-refractivity contribution in [3.63, 3.8) is 0 Å². The summed E-state index contributed by atoms with van der Waals surface area (Å²) in [5.74, 6) is 0.665. The van der Waals surface area contributed by atoms with Crippen molar-refractivity contribution in [3.8, 4) is 0 Å². The molecule has 0 saturated carbocycles. The Morgan fingerprint density at radius 1 is 1.06 bits per heavy atom. The Balaban J connectivity index is 2.81. The van der Waals surface area contributed by atoms with Gasteiger partial charge in [-0.05, 0) is 24.8 Å². The summed E-state index contributed by atoms with van der Waals surface area (Å²) in [7, 11) is 0. The van der Waals surface area contributed by atoms with Crippen LogP contribution in [-0.2, 0) is 5.41 Å². The van der Waals surface area contributed by atoms with Gasteiger partial charge in [-0.3, -0.25) is 0 Å². The van der Waals surface area contributed by atoms with Crippen molar-refractivity contribution < 1.29 is 10.2 Å². The molecule has 1 rings (SSSR count). The molecule has 0 aromatic heterocycles. The average Bonchev–Trinajstić information content (AvgIpc) is 2.36. The zero-order valence-corrected chi connectivity index (χ0v) is 11.8. The molecule has 0 atom stereocenters. The minimum absolute atomic E-state index is 0.00462. The van der Waals surface area contributed by atoms with Gasteiger partial charge in [-0.25, -0.2) is 0 Å². The lowest BCUT2D eigenvalue weighted by Crippen LogP contribution is -2.35. The van der Waals surface area contributed by atoms with E-state index in [9.17, 15) is 10.2 Å². The van der Waals surface area contributed by atoms with E-state index < -0.39 is 5.41 Å². The van der Waals surface area contributed by atoms with Gasteiger partial charge < -0.3 is 10.2 Å². The third-order valence-corrected chi connectivity index (χ3v) is 3.71. The standard InChI is InChI=1S/C16H26O2/c1-13(2)5-4-10-16(11-17,12-18)15-8-6-14(3)7-9-15/h6-9,13,17-18H,4-5,10-12H2,1-3H3. The molecule has 0 spiro atoms. The molecule has 0 bridgehead atoms. The lowest BCUT2D eigenvalue weighted by atomic mass is 9.77. The van der Waals surface area contributed by atoms with Gasteiger partial charge in [-0.1, -0.05) is 56.5 Å². The second kappa shape index (κ2) is 6.91. The van der Waals surface area contributed by atoms with E-state index in [4.69, 9.17) is 0 Å². The number of benzene rings is 1. The number of rotatable bonds is 7. The molecule has 0 saturated heterocycles. The van der Waals surface area contributed by atoms with Gasteiger partial charge in [0.1, 0.15) is 0 Å². The van der Waals surface area contributed by atoms with Gasteiger partial charge in [0.05, 0.1) is 13.2 Å². The maximum atomic E-state index is 9.70. The first-order chi connectivity index (χ1) is 8.54. The van der Waals surface area contributed by atoms with Gasteiger partial charge in [-0.15, -0.1) is 0 Å². The molecule has 0 aliphatic carbocycles. The molecule has 2 N–H and O–H groups in total. The van der Waals surface area contributed by atoms with Crippen molar-refractivity contribution in [2.24, 2.45) is 5.92 Å². The van der Waals surface area contributed by atoms with Crippen LogP contribution in [0.15, 0.2) is 24.3 Å². The predicted molar refractivity (Wildman–Crippen MR) is 75.7 cm³/mol. The van der Waals surface area contributed by atoms with Crippen LogP contribution in [0, 0.1) is 12.8 Å². The summed E-state index contributed by atoms with van der Waals surface area (Å²) in [4.78, 5) is 0. The van der Waals surface area contributed by atoms with E-state index in [1.807, 2.05) is 31.2 Å². The number of hydrogen-bond acceptors (Lipinski definition) is 2. The van der Waals surface area contributed by atoms with Gasteiger partial charge in [0.15, 0.2) is 0 Å². The summed E-state index contributed by atoms with van der Waals surface area (Å²) in [6, 6.07) is 8.13. The summed E-state index contributed by atoms with van der Waals surface area (Å²) >= 11 is 0. The highest BCUT2D eigenvalue weighted by molar-refractivity contribution is 5.29. The van der Waals surface area contributed by atoms with E-state index >= 15 is 0 Å². The van der Waals surface area contributed by atoms with Crippen LogP contribution >= 0.6 is 0 Å². The first kappa shape index (κ1) is 15.2. The molecule has 0 amide bonds. The SMILES string of the molecule is Cc1ccc(C(CO)(CO)CCCC(C)C)cc1. The molecule has 0 fully saturated rings. The van der Waals surface area contributed by atoms with E-state index in [1.54, 1.807) is 0 Å². The van der Waals surface area contributed by atoms with Crippen LogP contribution in [0.1, 0.15) is 44.2 Å². The maximum Gasteiger partial charge on any atom is 0.0550 e. The van der Waals surface area contributed by atoms with Crippen LogP contribution < -0.4 is 0 Å². The molecule has 0 heterocycles. The van der Waals surface area contributed by atoms with Crippen molar-refractivity contribution >= 4 is 0 Å². The maximum absolute atomic E-state index is 9.70. The minimum Gasteiger partial charge on any atom is -0.395 e. The molecule has 2 nitrogen and oxygen atoms in total. The third-order valence-electron chi connectivity index (χ3n) is 3.71. The Morgan fingerprint density at radius 3 is 2.06 bits per heavy atom. The van der Waals surface area contributed by atoms with Crippen molar-refractivity contribution in [2.45, 2.75) is 45.4 Å². The van der Waals surface area contributed by atoms with Gasteiger partial charge in [0, 0.05) is 5.41 Å². The largest absolute Gasteiger partial charge is 0.395 e. The molecule has 102 valence electrons. The summed E-state index contributed by atoms with van der Waals surface area (Å²) in [6.07, 6.45) is 3.00. The van der Waals surface area contributed by atoms with Gasteiger partial charge in [0.2, 0.25) is 0 Å². The van der Waals surface area contributed by atoms with Crippen molar-refractivity contribution in [1.29, 1.82) is 0 Å². The second-order valence-corrected chi connectivity index (χ2v) is 5.75. The second-order valence-electron chi connectivity index (χ2n) is 5.75. The molecule has 2 heteroatoms. The smallest absolute Gasteiger partial charge is 0.0550 e. The molecule has 1 aromatic rings. The number of aliphatic hydroxyl groups excluding tert-OH is 2. The highest BCUT2D eigenvalue weighted by Crippen LogP contribution is 2.30. The van der Waals surface area contributed by atoms with Gasteiger partial charge in [-0.2, -0.15) is 0 Å². The number of aliphatic hydroxyl groups is 2. The predicted octanol–water partition coefficient (Wildman–Crippen LogP) is 3.04. The summed E-state index contributed by atoms with van der Waals surface area (Å²) in [5, 5.41) is 19.4. The van der Waals surface area contributed by atoms with Gasteiger partial charge in [0.25, 0.3) is 0 Å². The minimum atomic E-state index is -0.484. The quantitative estimate of drug-likeness (QED) is 0.781. The molecular formula is C16H26O2. The molecule has 1 aromatic carbocycles. The van der Waals surface area contributed by atoms with Crippen molar-refractivity contribution in [2.75, 3.05) is 13.2 Å². The fourth-order valence-electron chi connectivity index (χ4n) is 2.29. The average molecular weight is 250 g/mol. The van der Waals surface area contributed by atoms with Crippen LogP contribution in [0.5, 0.6) is 0 Å². The Bertz CT molecular complexity index is 337. The summed E-state index contributed by atoms with van der Waals surface area (Å²) in [5.41, 5.74) is 1.76. The Hall–Kier alpha value is -0.860. The topological polar surface area (TPSA) is 40.5 Å². The first-order valence-corrected chi connectivity index (χ1v) is 6.83. The number of hydrogen-bond donors (Lipinski definition) is 2. The van der Waals surface area contributed by atoms with Crippen LogP contribution in [-0.4, -0.2) is 23.4 Å². The molecule has 0 radical (unpaired) electrons. The van der Waals surface area contributed by atoms with Crippen LogP contribution in [0.2, 0.25) is 0 Å². The highest BCUT2D eigenvalue weighted by Gasteiger charge is 2.30. The molecule has 0 unspecified atom stereocenters. The Morgan fingerprint density at radius 2 is 1.61 bits per heavy atom. The monoisotopic (exact) mass is 250 g/mol. The van der Waals surface area contributed by atoms with Crippen molar-refractivity contribution in [3.05, 3.63) is 35.4 Å². The third kappa shape index (κ3) is 3.82. The molecule has 0 aliphatic rings. The Labute approximate surface area is 111 Å². The van der Waals surface area contributed by atoms with Crippen LogP contribution in [0.4, 0.5) is 0 Å². The molecule has 18 heavy (non-hydrogen) atoms. The molecular weight excluding hydrogens is 224 g/mol. The summed E-state index contributed by atoms with van der Waals surface area (Å²) in [6.45, 7) is 6.45. The molecule has 0 aliphatic heterocycles.